The number of halogens is 2. The molecule has 4 rings (SSSR count). The number of hydrogen-bond acceptors (Lipinski definition) is 7. The first-order chi connectivity index (χ1) is 17.8. The summed E-state index contributed by atoms with van der Waals surface area (Å²) in [6.45, 7) is 4.51. The predicted molar refractivity (Wildman–Crippen MR) is 150 cm³/mol. The van der Waals surface area contributed by atoms with E-state index in [0.29, 0.717) is 34.4 Å². The molecule has 2 atom stereocenters. The van der Waals surface area contributed by atoms with Crippen molar-refractivity contribution in [2.24, 2.45) is 11.7 Å². The summed E-state index contributed by atoms with van der Waals surface area (Å²) < 4.78 is 1.05. The van der Waals surface area contributed by atoms with Gasteiger partial charge in [0.15, 0.2) is 0 Å². The number of hydrogen-bond donors (Lipinski definition) is 4. The van der Waals surface area contributed by atoms with Crippen LogP contribution in [0.3, 0.4) is 0 Å². The standard InChI is InChI=1S/C26H34Br2N6O3/c27-20-13-18(14-21(28)24(20)35)15-22(29)25(36)32-23(16-17-1-5-30-6-2-17)26(37)34-11-9-33(10-12-34)19-3-7-31-8-4-19/h3-4,7-8,13-14,17,22-23,30,35H,1-2,5-6,9-12,15-16,29H2,(H,32,36)/t22-,23+/m1/s1. The average Bonchev–Trinajstić information content (AvgIpc) is 2.92. The number of aromatic hydroxyl groups is 1. The lowest BCUT2D eigenvalue weighted by atomic mass is 9.90. The second-order valence-corrected chi connectivity index (χ2v) is 11.4. The molecule has 0 saturated carbocycles. The molecule has 0 unspecified atom stereocenters. The van der Waals surface area contributed by atoms with E-state index in [2.05, 4.69) is 52.4 Å². The van der Waals surface area contributed by atoms with Crippen molar-refractivity contribution in [2.45, 2.75) is 37.8 Å². The fourth-order valence-electron chi connectivity index (χ4n) is 4.99. The number of aromatic nitrogens is 1. The molecule has 1 aromatic carbocycles. The van der Waals surface area contributed by atoms with Crippen LogP contribution in [0.2, 0.25) is 0 Å². The Morgan fingerprint density at radius 1 is 1.11 bits per heavy atom. The maximum atomic E-state index is 13.6. The third kappa shape index (κ3) is 7.43. The van der Waals surface area contributed by atoms with E-state index in [9.17, 15) is 14.7 Å². The molecule has 200 valence electrons. The number of pyridine rings is 1. The molecular weight excluding hydrogens is 604 g/mol. The molecule has 0 radical (unpaired) electrons. The van der Waals surface area contributed by atoms with Crippen LogP contribution in [0.15, 0.2) is 45.6 Å². The number of phenolic OH excluding ortho intramolecular Hbond substituents is 1. The second-order valence-electron chi connectivity index (χ2n) is 9.73. The molecule has 3 heterocycles. The summed E-state index contributed by atoms with van der Waals surface area (Å²) in [6.07, 6.45) is 6.41. The molecule has 11 heteroatoms. The van der Waals surface area contributed by atoms with Gasteiger partial charge in [0.05, 0.1) is 15.0 Å². The molecule has 2 saturated heterocycles. The van der Waals surface area contributed by atoms with Gasteiger partial charge < -0.3 is 31.3 Å². The van der Waals surface area contributed by atoms with Crippen molar-refractivity contribution in [3.8, 4) is 5.75 Å². The third-order valence-electron chi connectivity index (χ3n) is 7.13. The molecular formula is C26H34Br2N6O3. The Balaban J connectivity index is 1.40. The zero-order valence-electron chi connectivity index (χ0n) is 20.7. The number of benzene rings is 1. The number of rotatable bonds is 8. The normalized spacial score (nSPS) is 18.4. The highest BCUT2D eigenvalue weighted by atomic mass is 79.9. The molecule has 2 fully saturated rings. The molecule has 2 amide bonds. The maximum Gasteiger partial charge on any atom is 0.245 e. The summed E-state index contributed by atoms with van der Waals surface area (Å²) >= 11 is 6.64. The van der Waals surface area contributed by atoms with Crippen molar-refractivity contribution in [2.75, 3.05) is 44.2 Å². The summed E-state index contributed by atoms with van der Waals surface area (Å²) in [7, 11) is 0. The number of carbonyl (C=O) groups is 2. The lowest BCUT2D eigenvalue weighted by Gasteiger charge is -2.38. The van der Waals surface area contributed by atoms with Gasteiger partial charge in [-0.2, -0.15) is 0 Å². The summed E-state index contributed by atoms with van der Waals surface area (Å²) in [6, 6.07) is 6.01. The molecule has 0 bridgehead atoms. The lowest BCUT2D eigenvalue weighted by molar-refractivity contribution is -0.137. The smallest absolute Gasteiger partial charge is 0.245 e. The van der Waals surface area contributed by atoms with E-state index in [-0.39, 0.29) is 24.0 Å². The first-order valence-electron chi connectivity index (χ1n) is 12.7. The summed E-state index contributed by atoms with van der Waals surface area (Å²) in [5.74, 6) is 0.0823. The number of nitrogens with zero attached hydrogens (tertiary/aromatic N) is 3. The largest absolute Gasteiger partial charge is 0.506 e. The van der Waals surface area contributed by atoms with Gasteiger partial charge in [0.2, 0.25) is 11.8 Å². The van der Waals surface area contributed by atoms with Crippen LogP contribution < -0.4 is 21.3 Å². The van der Waals surface area contributed by atoms with Crippen molar-refractivity contribution in [3.63, 3.8) is 0 Å². The van der Waals surface area contributed by atoms with Crippen molar-refractivity contribution in [3.05, 3.63) is 51.2 Å². The van der Waals surface area contributed by atoms with Crippen LogP contribution in [-0.2, 0) is 16.0 Å². The molecule has 2 aliphatic heterocycles. The van der Waals surface area contributed by atoms with Gasteiger partial charge in [-0.15, -0.1) is 0 Å². The Kier molecular flexibility index (Phi) is 9.80. The van der Waals surface area contributed by atoms with E-state index >= 15 is 0 Å². The van der Waals surface area contributed by atoms with Gasteiger partial charge in [0.25, 0.3) is 0 Å². The molecule has 2 aromatic rings. The fraction of sp³-hybridized carbons (Fsp3) is 0.500. The molecule has 1 aromatic heterocycles. The van der Waals surface area contributed by atoms with Gasteiger partial charge in [-0.3, -0.25) is 14.6 Å². The first-order valence-corrected chi connectivity index (χ1v) is 14.3. The highest BCUT2D eigenvalue weighted by Crippen LogP contribution is 2.33. The molecule has 2 aliphatic rings. The number of anilines is 1. The number of carbonyl (C=O) groups excluding carboxylic acids is 2. The van der Waals surface area contributed by atoms with E-state index < -0.39 is 12.1 Å². The third-order valence-corrected chi connectivity index (χ3v) is 8.34. The number of nitrogens with one attached hydrogen (secondary N) is 2. The van der Waals surface area contributed by atoms with Crippen LogP contribution >= 0.6 is 31.9 Å². The predicted octanol–water partition coefficient (Wildman–Crippen LogP) is 2.41. The maximum absolute atomic E-state index is 13.6. The Hall–Kier alpha value is -2.21. The number of amides is 2. The van der Waals surface area contributed by atoms with Crippen LogP contribution in [0.25, 0.3) is 0 Å². The molecule has 37 heavy (non-hydrogen) atoms. The van der Waals surface area contributed by atoms with Gasteiger partial charge in [0.1, 0.15) is 11.8 Å². The zero-order valence-corrected chi connectivity index (χ0v) is 23.9. The highest BCUT2D eigenvalue weighted by molar-refractivity contribution is 9.11. The van der Waals surface area contributed by atoms with E-state index in [1.807, 2.05) is 17.0 Å². The topological polar surface area (TPSA) is 124 Å². The monoisotopic (exact) mass is 636 g/mol. The van der Waals surface area contributed by atoms with Crippen molar-refractivity contribution in [1.29, 1.82) is 0 Å². The van der Waals surface area contributed by atoms with Crippen molar-refractivity contribution < 1.29 is 14.7 Å². The quantitative estimate of drug-likeness (QED) is 0.351. The van der Waals surface area contributed by atoms with Crippen LogP contribution in [0.1, 0.15) is 24.8 Å². The SMILES string of the molecule is N[C@H](Cc1cc(Br)c(O)c(Br)c1)C(=O)N[C@@H](CC1CCNCC1)C(=O)N1CCN(c2ccncc2)CC1. The number of piperidine rings is 1. The highest BCUT2D eigenvalue weighted by Gasteiger charge is 2.32. The molecule has 0 aliphatic carbocycles. The second kappa shape index (κ2) is 13.0. The minimum absolute atomic E-state index is 0.0383. The van der Waals surface area contributed by atoms with Crippen LogP contribution in [0.5, 0.6) is 5.75 Å². The van der Waals surface area contributed by atoms with Crippen LogP contribution in [0, 0.1) is 5.92 Å². The van der Waals surface area contributed by atoms with E-state index in [1.54, 1.807) is 24.5 Å². The Morgan fingerprint density at radius 2 is 1.73 bits per heavy atom. The number of piperazine rings is 1. The van der Waals surface area contributed by atoms with Gasteiger partial charge in [-0.05, 0) is 106 Å². The minimum Gasteiger partial charge on any atom is -0.506 e. The average molecular weight is 638 g/mol. The summed E-state index contributed by atoms with van der Waals surface area (Å²) in [5, 5.41) is 16.3. The van der Waals surface area contributed by atoms with Crippen molar-refractivity contribution >= 4 is 49.4 Å². The Morgan fingerprint density at radius 3 is 2.35 bits per heavy atom. The Bertz CT molecular complexity index is 1050. The molecule has 0 spiro atoms. The van der Waals surface area contributed by atoms with Gasteiger partial charge in [0, 0.05) is 44.3 Å². The van der Waals surface area contributed by atoms with Gasteiger partial charge >= 0.3 is 0 Å². The number of phenols is 1. The zero-order chi connectivity index (χ0) is 26.4. The van der Waals surface area contributed by atoms with Gasteiger partial charge in [-0.25, -0.2) is 0 Å². The van der Waals surface area contributed by atoms with E-state index in [4.69, 9.17) is 5.73 Å². The fourth-order valence-corrected chi connectivity index (χ4v) is 6.28. The lowest BCUT2D eigenvalue weighted by Crippen LogP contribution is -2.57. The number of nitrogens with two attached hydrogens (primary N) is 1. The van der Waals surface area contributed by atoms with Gasteiger partial charge in [-0.1, -0.05) is 0 Å². The molecule has 5 N–H and O–H groups in total. The Labute approximate surface area is 234 Å². The van der Waals surface area contributed by atoms with Crippen LogP contribution in [-0.4, -0.2) is 78.2 Å². The van der Waals surface area contributed by atoms with E-state index in [0.717, 1.165) is 50.3 Å². The summed E-state index contributed by atoms with van der Waals surface area (Å²) in [4.78, 5) is 35.0. The van der Waals surface area contributed by atoms with Crippen molar-refractivity contribution in [1.82, 2.24) is 20.5 Å². The first kappa shape index (κ1) is 27.8. The van der Waals surface area contributed by atoms with Crippen LogP contribution in [0.4, 0.5) is 5.69 Å². The molecule has 9 nitrogen and oxygen atoms in total. The minimum atomic E-state index is -0.824. The summed E-state index contributed by atoms with van der Waals surface area (Å²) in [5.41, 5.74) is 8.17. The van der Waals surface area contributed by atoms with E-state index in [1.165, 1.54) is 0 Å².